The number of rotatable bonds is 1. The largest absolute Gasteiger partial charge is 0.371 e. The maximum absolute atomic E-state index is 8.88. The predicted octanol–water partition coefficient (Wildman–Crippen LogP) is 1.75. The summed E-state index contributed by atoms with van der Waals surface area (Å²) in [6.07, 6.45) is 2.33. The Morgan fingerprint density at radius 1 is 1.19 bits per heavy atom. The second-order valence-electron chi connectivity index (χ2n) is 4.11. The van der Waals surface area contributed by atoms with E-state index in [1.807, 2.05) is 18.2 Å². The topological polar surface area (TPSA) is 39.1 Å². The first-order valence-corrected chi connectivity index (χ1v) is 5.86. The number of hydrogen-bond acceptors (Lipinski definition) is 3. The van der Waals surface area contributed by atoms with Crippen LogP contribution < -0.4 is 10.2 Å². The summed E-state index contributed by atoms with van der Waals surface area (Å²) in [7, 11) is 0. The molecule has 0 unspecified atom stereocenters. The van der Waals surface area contributed by atoms with Crippen LogP contribution in [0.3, 0.4) is 0 Å². The lowest BCUT2D eigenvalue weighted by Crippen LogP contribution is -2.33. The maximum Gasteiger partial charge on any atom is 0.0992 e. The predicted molar refractivity (Wildman–Crippen MR) is 65.5 cm³/mol. The summed E-state index contributed by atoms with van der Waals surface area (Å²) in [5.74, 6) is 0. The van der Waals surface area contributed by atoms with Crippen LogP contribution in [0.25, 0.3) is 0 Å². The summed E-state index contributed by atoms with van der Waals surface area (Å²) in [5.41, 5.74) is 1.93. The molecule has 1 heterocycles. The van der Waals surface area contributed by atoms with Gasteiger partial charge in [-0.2, -0.15) is 5.26 Å². The zero-order valence-electron chi connectivity index (χ0n) is 9.45. The minimum atomic E-state index is 0.748. The van der Waals surface area contributed by atoms with Crippen LogP contribution in [0.2, 0.25) is 0 Å². The fourth-order valence-corrected chi connectivity index (χ4v) is 2.06. The van der Waals surface area contributed by atoms with Crippen molar-refractivity contribution in [3.63, 3.8) is 0 Å². The molecule has 1 aliphatic rings. The molecule has 0 aromatic heterocycles. The van der Waals surface area contributed by atoms with Crippen molar-refractivity contribution in [3.05, 3.63) is 29.8 Å². The second-order valence-corrected chi connectivity index (χ2v) is 4.11. The summed E-state index contributed by atoms with van der Waals surface area (Å²) in [5, 5.41) is 12.3. The molecule has 0 radical (unpaired) electrons. The first-order chi connectivity index (χ1) is 7.90. The van der Waals surface area contributed by atoms with Crippen LogP contribution in [0.5, 0.6) is 0 Å². The Morgan fingerprint density at radius 2 is 1.94 bits per heavy atom. The Morgan fingerprint density at radius 3 is 2.62 bits per heavy atom. The third kappa shape index (κ3) is 2.74. The van der Waals surface area contributed by atoms with Gasteiger partial charge in [-0.3, -0.25) is 0 Å². The van der Waals surface area contributed by atoms with Crippen molar-refractivity contribution >= 4 is 5.69 Å². The summed E-state index contributed by atoms with van der Waals surface area (Å²) < 4.78 is 0. The molecule has 3 heteroatoms. The lowest BCUT2D eigenvalue weighted by molar-refractivity contribution is 0.567. The maximum atomic E-state index is 8.88. The Hall–Kier alpha value is -1.53. The molecule has 2 rings (SSSR count). The van der Waals surface area contributed by atoms with Crippen molar-refractivity contribution < 1.29 is 0 Å². The minimum Gasteiger partial charge on any atom is -0.371 e. The number of nitriles is 1. The minimum absolute atomic E-state index is 0.748. The molecule has 1 saturated heterocycles. The quantitative estimate of drug-likeness (QED) is 0.775. The van der Waals surface area contributed by atoms with Gasteiger partial charge in [-0.05, 0) is 44.1 Å². The average molecular weight is 215 g/mol. The van der Waals surface area contributed by atoms with Crippen LogP contribution >= 0.6 is 0 Å². The molecule has 1 aromatic carbocycles. The fraction of sp³-hybridized carbons (Fsp3) is 0.462. The third-order valence-corrected chi connectivity index (χ3v) is 2.90. The van der Waals surface area contributed by atoms with Gasteiger partial charge in [-0.1, -0.05) is 6.07 Å². The van der Waals surface area contributed by atoms with Gasteiger partial charge < -0.3 is 10.2 Å². The van der Waals surface area contributed by atoms with Gasteiger partial charge in [0, 0.05) is 18.8 Å². The van der Waals surface area contributed by atoms with Crippen LogP contribution in [0.4, 0.5) is 5.69 Å². The van der Waals surface area contributed by atoms with Crippen LogP contribution in [0.15, 0.2) is 24.3 Å². The van der Waals surface area contributed by atoms with E-state index in [0.29, 0.717) is 0 Å². The van der Waals surface area contributed by atoms with Gasteiger partial charge in [0.1, 0.15) is 0 Å². The first kappa shape index (κ1) is 11.0. The number of nitrogens with one attached hydrogen (secondary N) is 1. The Balaban J connectivity index is 2.11. The van der Waals surface area contributed by atoms with Gasteiger partial charge in [0.15, 0.2) is 0 Å². The summed E-state index contributed by atoms with van der Waals surface area (Å²) in [6.45, 7) is 4.33. The van der Waals surface area contributed by atoms with E-state index in [-0.39, 0.29) is 0 Å². The molecule has 3 nitrogen and oxygen atoms in total. The Kier molecular flexibility index (Phi) is 3.79. The van der Waals surface area contributed by atoms with E-state index in [1.165, 1.54) is 5.69 Å². The van der Waals surface area contributed by atoms with E-state index in [0.717, 1.165) is 44.6 Å². The SMILES string of the molecule is N#Cc1cccc(N2CCCNCCC2)c1. The number of hydrogen-bond donors (Lipinski definition) is 1. The fourth-order valence-electron chi connectivity index (χ4n) is 2.06. The standard InChI is InChI=1S/C13H17N3/c14-11-12-4-1-5-13(10-12)16-8-2-6-15-7-3-9-16/h1,4-5,10,15H,2-3,6-9H2. The van der Waals surface area contributed by atoms with E-state index in [2.05, 4.69) is 22.4 Å². The lowest BCUT2D eigenvalue weighted by Gasteiger charge is -2.27. The van der Waals surface area contributed by atoms with Gasteiger partial charge >= 0.3 is 0 Å². The number of nitrogens with zero attached hydrogens (tertiary/aromatic N) is 2. The van der Waals surface area contributed by atoms with Crippen molar-refractivity contribution in [2.75, 3.05) is 31.1 Å². The molecule has 0 bridgehead atoms. The van der Waals surface area contributed by atoms with E-state index in [9.17, 15) is 0 Å². The van der Waals surface area contributed by atoms with Crippen LogP contribution in [-0.4, -0.2) is 26.2 Å². The lowest BCUT2D eigenvalue weighted by atomic mass is 10.2. The highest BCUT2D eigenvalue weighted by molar-refractivity contribution is 5.51. The van der Waals surface area contributed by atoms with Crippen molar-refractivity contribution in [2.24, 2.45) is 0 Å². The Bertz CT molecular complexity index is 373. The van der Waals surface area contributed by atoms with E-state index in [1.54, 1.807) is 0 Å². The molecule has 1 fully saturated rings. The third-order valence-electron chi connectivity index (χ3n) is 2.90. The highest BCUT2D eigenvalue weighted by atomic mass is 15.1. The van der Waals surface area contributed by atoms with Gasteiger partial charge in [0.05, 0.1) is 11.6 Å². The van der Waals surface area contributed by atoms with Gasteiger partial charge in [0.2, 0.25) is 0 Å². The Labute approximate surface area is 96.7 Å². The zero-order valence-corrected chi connectivity index (χ0v) is 9.45. The second kappa shape index (κ2) is 5.53. The molecule has 84 valence electrons. The highest BCUT2D eigenvalue weighted by Crippen LogP contribution is 2.17. The molecule has 0 atom stereocenters. The van der Waals surface area contributed by atoms with Crippen molar-refractivity contribution in [2.45, 2.75) is 12.8 Å². The normalized spacial score (nSPS) is 17.3. The number of anilines is 1. The van der Waals surface area contributed by atoms with E-state index >= 15 is 0 Å². The zero-order chi connectivity index (χ0) is 11.2. The van der Waals surface area contributed by atoms with Crippen LogP contribution in [-0.2, 0) is 0 Å². The molecule has 0 spiro atoms. The van der Waals surface area contributed by atoms with Crippen molar-refractivity contribution in [3.8, 4) is 6.07 Å². The van der Waals surface area contributed by atoms with Gasteiger partial charge in [-0.25, -0.2) is 0 Å². The molecule has 0 amide bonds. The molecular weight excluding hydrogens is 198 g/mol. The van der Waals surface area contributed by atoms with Gasteiger partial charge in [0.25, 0.3) is 0 Å². The molecule has 16 heavy (non-hydrogen) atoms. The van der Waals surface area contributed by atoms with Crippen molar-refractivity contribution in [1.29, 1.82) is 5.26 Å². The average Bonchev–Trinajstić information content (AvgIpc) is 2.29. The van der Waals surface area contributed by atoms with Crippen LogP contribution in [0, 0.1) is 11.3 Å². The molecule has 0 aliphatic carbocycles. The number of benzene rings is 1. The monoisotopic (exact) mass is 215 g/mol. The summed E-state index contributed by atoms with van der Waals surface area (Å²) in [6, 6.07) is 10.1. The van der Waals surface area contributed by atoms with Crippen LogP contribution in [0.1, 0.15) is 18.4 Å². The summed E-state index contributed by atoms with van der Waals surface area (Å²) in [4.78, 5) is 2.38. The van der Waals surface area contributed by atoms with E-state index in [4.69, 9.17) is 5.26 Å². The van der Waals surface area contributed by atoms with E-state index < -0.39 is 0 Å². The molecule has 1 aromatic rings. The smallest absolute Gasteiger partial charge is 0.0992 e. The first-order valence-electron chi connectivity index (χ1n) is 5.86. The molecule has 1 aliphatic heterocycles. The molecule has 1 N–H and O–H groups in total. The molecule has 0 saturated carbocycles. The highest BCUT2D eigenvalue weighted by Gasteiger charge is 2.08. The van der Waals surface area contributed by atoms with Gasteiger partial charge in [-0.15, -0.1) is 0 Å². The molecular formula is C13H17N3. The summed E-state index contributed by atoms with van der Waals surface area (Å²) >= 11 is 0. The van der Waals surface area contributed by atoms with Crippen molar-refractivity contribution in [1.82, 2.24) is 5.32 Å².